The number of hydrogen-bond donors (Lipinski definition) is 0. The van der Waals surface area contributed by atoms with Crippen LogP contribution in [0.1, 0.15) is 0 Å². The van der Waals surface area contributed by atoms with Crippen molar-refractivity contribution in [2.45, 2.75) is 0 Å². The molecule has 0 radical (unpaired) electrons. The van der Waals surface area contributed by atoms with E-state index in [1.165, 1.54) is 33.9 Å². The Morgan fingerprint density at radius 1 is 0.591 bits per heavy atom. The van der Waals surface area contributed by atoms with Crippen LogP contribution in [0.15, 0.2) is 33.9 Å². The zero-order valence-corrected chi connectivity index (χ0v) is 20.2. The number of hydrogen-bond acceptors (Lipinski definition) is 10. The summed E-state index contributed by atoms with van der Waals surface area (Å²) >= 11 is 19.2. The van der Waals surface area contributed by atoms with Crippen molar-refractivity contribution in [2.24, 2.45) is 0 Å². The number of thioether (sulfide) groups is 10. The normalized spacial score (nSPS) is 21.5. The predicted molar refractivity (Wildman–Crippen MR) is 128 cm³/mol. The molecule has 3 heterocycles. The Hall–Kier alpha value is 2.46. The smallest absolute Gasteiger partial charge is 0.0718 e. The molecule has 0 unspecified atom stereocenters. The Labute approximate surface area is 174 Å². The van der Waals surface area contributed by atoms with Crippen LogP contribution in [0, 0.1) is 0 Å². The third-order valence-electron chi connectivity index (χ3n) is 2.52. The van der Waals surface area contributed by atoms with Crippen LogP contribution in [0.25, 0.3) is 0 Å². The second-order valence-electron chi connectivity index (χ2n) is 3.73. The van der Waals surface area contributed by atoms with Gasteiger partial charge in [-0.3, -0.25) is 0 Å². The predicted octanol–water partition coefficient (Wildman–Crippen LogP) is 8.38. The van der Waals surface area contributed by atoms with Crippen molar-refractivity contribution in [3.05, 3.63) is 33.9 Å². The minimum absolute atomic E-state index is 1.44. The van der Waals surface area contributed by atoms with E-state index in [4.69, 9.17) is 0 Å². The van der Waals surface area contributed by atoms with Crippen molar-refractivity contribution in [1.82, 2.24) is 0 Å². The first-order chi connectivity index (χ1) is 10.7. The maximum atomic E-state index is 2.18. The molecule has 0 spiro atoms. The van der Waals surface area contributed by atoms with Gasteiger partial charge in [0.05, 0.1) is 33.9 Å². The van der Waals surface area contributed by atoms with Crippen molar-refractivity contribution in [2.75, 3.05) is 25.0 Å². The van der Waals surface area contributed by atoms with E-state index in [1.54, 1.807) is 0 Å². The summed E-state index contributed by atoms with van der Waals surface area (Å²) in [7, 11) is 0. The zero-order valence-electron chi connectivity index (χ0n) is 12.1. The van der Waals surface area contributed by atoms with E-state index in [9.17, 15) is 0 Å². The zero-order chi connectivity index (χ0) is 15.7. The lowest BCUT2D eigenvalue weighted by atomic mass is 11.2. The van der Waals surface area contributed by atoms with Crippen LogP contribution in [0.3, 0.4) is 0 Å². The van der Waals surface area contributed by atoms with Crippen LogP contribution < -0.4 is 0 Å². The van der Waals surface area contributed by atoms with E-state index in [2.05, 4.69) is 25.0 Å². The van der Waals surface area contributed by atoms with Crippen LogP contribution in [0.2, 0.25) is 0 Å². The van der Waals surface area contributed by atoms with Crippen molar-refractivity contribution in [3.8, 4) is 0 Å². The van der Waals surface area contributed by atoms with Crippen LogP contribution in [0.5, 0.6) is 0 Å². The van der Waals surface area contributed by atoms with Gasteiger partial charge < -0.3 is 0 Å². The molecule has 0 saturated carbocycles. The molecular formula is C12H12S10. The first-order valence-corrected chi connectivity index (χ1v) is 15.7. The summed E-state index contributed by atoms with van der Waals surface area (Å²) in [5.41, 5.74) is 0. The van der Waals surface area contributed by atoms with Crippen LogP contribution in [-0.2, 0) is 0 Å². The molecule has 22 heavy (non-hydrogen) atoms. The van der Waals surface area contributed by atoms with Crippen molar-refractivity contribution < 1.29 is 0 Å². The first kappa shape index (κ1) is 19.2. The summed E-state index contributed by atoms with van der Waals surface area (Å²) in [4.78, 5) is 0. The molecule has 0 N–H and O–H groups in total. The molecular weight excluding hydrogens is 465 g/mol. The van der Waals surface area contributed by atoms with Gasteiger partial charge in [-0.2, -0.15) is 0 Å². The highest BCUT2D eigenvalue weighted by atomic mass is 32.3. The molecule has 0 aromatic heterocycles. The molecule has 0 aliphatic carbocycles. The fourth-order valence-electron chi connectivity index (χ4n) is 1.61. The number of rotatable bonds is 4. The lowest BCUT2D eigenvalue weighted by molar-refractivity contribution is 2.28. The molecule has 0 aromatic carbocycles. The van der Waals surface area contributed by atoms with Gasteiger partial charge >= 0.3 is 0 Å². The molecule has 120 valence electrons. The first-order valence-electron chi connectivity index (χ1n) is 5.90. The van der Waals surface area contributed by atoms with E-state index >= 15 is 0 Å². The van der Waals surface area contributed by atoms with Gasteiger partial charge in [-0.15, -0.1) is 47.0 Å². The Bertz CT molecular complexity index is 565. The van der Waals surface area contributed by atoms with Gasteiger partial charge in [0.15, 0.2) is 0 Å². The molecule has 0 nitrogen and oxygen atoms in total. The highest BCUT2D eigenvalue weighted by Crippen LogP contribution is 2.71. The topological polar surface area (TPSA) is 0 Å². The fraction of sp³-hybridized carbons (Fsp3) is 0.333. The lowest BCUT2D eigenvalue weighted by Gasteiger charge is -2.08. The Morgan fingerprint density at radius 3 is 1.41 bits per heavy atom. The molecule has 0 atom stereocenters. The SMILES string of the molecule is CSC(SC)=C1SC2=C(S1)SC(=C1SC(SC)=C(SC)S1)S2. The van der Waals surface area contributed by atoms with E-state index < -0.39 is 0 Å². The minimum atomic E-state index is 1.44. The van der Waals surface area contributed by atoms with Gasteiger partial charge in [0, 0.05) is 0 Å². The highest BCUT2D eigenvalue weighted by molar-refractivity contribution is 8.50. The monoisotopic (exact) mass is 476 g/mol. The average molecular weight is 477 g/mol. The molecule has 3 aliphatic rings. The second kappa shape index (κ2) is 8.90. The molecule has 0 saturated heterocycles. The summed E-state index contributed by atoms with van der Waals surface area (Å²) in [5, 5.41) is 0. The average Bonchev–Trinajstić information content (AvgIpc) is 3.19. The quantitative estimate of drug-likeness (QED) is 0.386. The van der Waals surface area contributed by atoms with Crippen LogP contribution in [0.4, 0.5) is 0 Å². The molecule has 10 heteroatoms. The van der Waals surface area contributed by atoms with E-state index in [0.717, 1.165) is 0 Å². The van der Waals surface area contributed by atoms with Crippen molar-refractivity contribution in [3.63, 3.8) is 0 Å². The molecule has 0 fully saturated rings. The standard InChI is InChI=1S/C12H12S10/c1-13-5(14-2)8-19-11-12(20-8)22-10(21-11)9-17-6(15-3)7(16-4)18-9/h1-4H3. The lowest BCUT2D eigenvalue weighted by Crippen LogP contribution is -1.73. The van der Waals surface area contributed by atoms with Gasteiger partial charge in [0.2, 0.25) is 0 Å². The Morgan fingerprint density at radius 2 is 1.00 bits per heavy atom. The maximum absolute atomic E-state index is 2.18. The van der Waals surface area contributed by atoms with E-state index in [1.807, 2.05) is 118 Å². The minimum Gasteiger partial charge on any atom is -0.121 e. The summed E-state index contributed by atoms with van der Waals surface area (Å²) < 4.78 is 11.7. The van der Waals surface area contributed by atoms with Gasteiger partial charge in [0.1, 0.15) is 0 Å². The highest BCUT2D eigenvalue weighted by Gasteiger charge is 2.35. The van der Waals surface area contributed by atoms with E-state index in [-0.39, 0.29) is 0 Å². The summed E-state index contributed by atoms with van der Waals surface area (Å²) in [6, 6.07) is 0. The van der Waals surface area contributed by atoms with Gasteiger partial charge in [-0.05, 0) is 25.0 Å². The van der Waals surface area contributed by atoms with E-state index in [0.29, 0.717) is 0 Å². The van der Waals surface area contributed by atoms with Gasteiger partial charge in [0.25, 0.3) is 0 Å². The van der Waals surface area contributed by atoms with Crippen molar-refractivity contribution in [1.29, 1.82) is 0 Å². The maximum Gasteiger partial charge on any atom is 0.0718 e. The molecule has 0 bridgehead atoms. The third kappa shape index (κ3) is 4.06. The summed E-state index contributed by atoms with van der Waals surface area (Å²) in [6.07, 6.45) is 8.69. The fourth-order valence-corrected chi connectivity index (χ4v) is 15.4. The second-order valence-corrected chi connectivity index (χ2v) is 15.2. The Kier molecular flexibility index (Phi) is 7.78. The third-order valence-corrected chi connectivity index (χ3v) is 16.6. The molecule has 3 aliphatic heterocycles. The Balaban J connectivity index is 1.71. The summed E-state index contributed by atoms with van der Waals surface area (Å²) in [6.45, 7) is 0. The molecule has 0 amide bonds. The summed E-state index contributed by atoms with van der Waals surface area (Å²) in [5.74, 6) is 0. The van der Waals surface area contributed by atoms with Crippen LogP contribution >= 0.6 is 118 Å². The van der Waals surface area contributed by atoms with Crippen LogP contribution in [-0.4, -0.2) is 25.0 Å². The molecule has 0 aromatic rings. The van der Waals surface area contributed by atoms with Crippen molar-refractivity contribution >= 4 is 118 Å². The van der Waals surface area contributed by atoms with Gasteiger partial charge in [-0.25, -0.2) is 0 Å². The molecule has 3 rings (SSSR count). The largest absolute Gasteiger partial charge is 0.121 e. The van der Waals surface area contributed by atoms with Gasteiger partial charge in [-0.1, -0.05) is 70.6 Å².